The molecule has 0 N–H and O–H groups in total. The Balaban J connectivity index is 2.83. The third-order valence-electron chi connectivity index (χ3n) is 1.69. The van der Waals surface area contributed by atoms with Crippen molar-refractivity contribution in [3.8, 4) is 0 Å². The predicted molar refractivity (Wildman–Crippen MR) is 62.8 cm³/mol. The van der Waals surface area contributed by atoms with E-state index in [1.54, 1.807) is 11.8 Å². The molecule has 78 valence electrons. The summed E-state index contributed by atoms with van der Waals surface area (Å²) in [5.41, 5.74) is 1.05. The lowest BCUT2D eigenvalue weighted by molar-refractivity contribution is 0.632. The van der Waals surface area contributed by atoms with Gasteiger partial charge in [0.05, 0.1) is 5.75 Å². The van der Waals surface area contributed by atoms with Crippen molar-refractivity contribution in [2.24, 2.45) is 5.92 Å². The first-order valence-electron chi connectivity index (χ1n) is 4.63. The molecule has 0 saturated heterocycles. The molecule has 1 heterocycles. The second-order valence-electron chi connectivity index (χ2n) is 3.63. The quantitative estimate of drug-likeness (QED) is 0.743. The van der Waals surface area contributed by atoms with E-state index in [9.17, 15) is 0 Å². The maximum Gasteiger partial charge on any atom is 0.140 e. The van der Waals surface area contributed by atoms with Crippen molar-refractivity contribution in [2.75, 3.05) is 6.26 Å². The first-order chi connectivity index (χ1) is 6.61. The van der Waals surface area contributed by atoms with E-state index in [1.165, 1.54) is 0 Å². The number of aromatic nitrogens is 2. The van der Waals surface area contributed by atoms with Gasteiger partial charge in [0.2, 0.25) is 0 Å². The Morgan fingerprint density at radius 1 is 1.43 bits per heavy atom. The van der Waals surface area contributed by atoms with Gasteiger partial charge in [-0.2, -0.15) is 11.8 Å². The highest BCUT2D eigenvalue weighted by molar-refractivity contribution is 7.97. The smallest absolute Gasteiger partial charge is 0.140 e. The minimum atomic E-state index is 0.555. The molecule has 1 aromatic rings. The number of hydrogen-bond acceptors (Lipinski definition) is 3. The fraction of sp³-hybridized carbons (Fsp3) is 0.600. The van der Waals surface area contributed by atoms with Crippen LogP contribution in [-0.2, 0) is 12.2 Å². The molecule has 0 fully saturated rings. The molecule has 0 aliphatic rings. The van der Waals surface area contributed by atoms with Crippen LogP contribution in [0.15, 0.2) is 6.07 Å². The van der Waals surface area contributed by atoms with Gasteiger partial charge in [0, 0.05) is 5.69 Å². The van der Waals surface area contributed by atoms with Gasteiger partial charge in [0.15, 0.2) is 0 Å². The van der Waals surface area contributed by atoms with Crippen molar-refractivity contribution in [2.45, 2.75) is 26.0 Å². The summed E-state index contributed by atoms with van der Waals surface area (Å²) in [5.74, 6) is 2.26. The molecule has 0 saturated carbocycles. The van der Waals surface area contributed by atoms with E-state index in [2.05, 4.69) is 23.8 Å². The summed E-state index contributed by atoms with van der Waals surface area (Å²) in [5, 5.41) is 0.555. The highest BCUT2D eigenvalue weighted by Gasteiger charge is 2.04. The number of nitrogens with zero attached hydrogens (tertiary/aromatic N) is 2. The molecule has 0 aliphatic carbocycles. The van der Waals surface area contributed by atoms with Crippen molar-refractivity contribution in [1.82, 2.24) is 9.97 Å². The molecule has 1 aromatic heterocycles. The Labute approximate surface area is 94.5 Å². The van der Waals surface area contributed by atoms with E-state index in [1.807, 2.05) is 12.3 Å². The first-order valence-corrected chi connectivity index (χ1v) is 6.40. The van der Waals surface area contributed by atoms with Crippen LogP contribution in [0.3, 0.4) is 0 Å². The molecule has 0 atom stereocenters. The van der Waals surface area contributed by atoms with Gasteiger partial charge in [-0.15, -0.1) is 0 Å². The standard InChI is InChI=1S/C10H15ClN2S/c1-7(2)4-8-5-9(11)13-10(12-8)6-14-3/h5,7H,4,6H2,1-3H3. The SMILES string of the molecule is CSCc1nc(Cl)cc(CC(C)C)n1. The summed E-state index contributed by atoms with van der Waals surface area (Å²) in [6.07, 6.45) is 3.00. The van der Waals surface area contributed by atoms with E-state index in [0.29, 0.717) is 11.1 Å². The largest absolute Gasteiger partial charge is 0.237 e. The molecular weight excluding hydrogens is 216 g/mol. The van der Waals surface area contributed by atoms with Gasteiger partial charge in [-0.05, 0) is 24.7 Å². The van der Waals surface area contributed by atoms with Gasteiger partial charge in [-0.1, -0.05) is 25.4 Å². The van der Waals surface area contributed by atoms with Crippen LogP contribution in [-0.4, -0.2) is 16.2 Å². The molecule has 0 spiro atoms. The Hall–Kier alpha value is -0.280. The minimum absolute atomic E-state index is 0.555. The molecule has 4 heteroatoms. The van der Waals surface area contributed by atoms with Crippen LogP contribution in [0.25, 0.3) is 0 Å². The van der Waals surface area contributed by atoms with Gasteiger partial charge in [0.1, 0.15) is 11.0 Å². The Kier molecular flexibility index (Phi) is 4.69. The van der Waals surface area contributed by atoms with Gasteiger partial charge in [-0.25, -0.2) is 9.97 Å². The molecule has 0 bridgehead atoms. The Morgan fingerprint density at radius 3 is 2.71 bits per heavy atom. The van der Waals surface area contributed by atoms with Crippen molar-refractivity contribution in [3.05, 3.63) is 22.7 Å². The monoisotopic (exact) mass is 230 g/mol. The maximum absolute atomic E-state index is 5.91. The van der Waals surface area contributed by atoms with Crippen molar-refractivity contribution in [3.63, 3.8) is 0 Å². The normalized spacial score (nSPS) is 10.9. The van der Waals surface area contributed by atoms with E-state index in [0.717, 1.165) is 23.7 Å². The van der Waals surface area contributed by atoms with Crippen LogP contribution in [0, 0.1) is 5.92 Å². The first kappa shape index (κ1) is 11.8. The fourth-order valence-electron chi connectivity index (χ4n) is 1.23. The second kappa shape index (κ2) is 5.56. The summed E-state index contributed by atoms with van der Waals surface area (Å²) in [6.45, 7) is 4.34. The molecule has 2 nitrogen and oxygen atoms in total. The van der Waals surface area contributed by atoms with Crippen molar-refractivity contribution >= 4 is 23.4 Å². The minimum Gasteiger partial charge on any atom is -0.237 e. The van der Waals surface area contributed by atoms with Crippen LogP contribution < -0.4 is 0 Å². The highest BCUT2D eigenvalue weighted by Crippen LogP contribution is 2.13. The zero-order chi connectivity index (χ0) is 10.6. The van der Waals surface area contributed by atoms with E-state index in [4.69, 9.17) is 11.6 Å². The van der Waals surface area contributed by atoms with Gasteiger partial charge in [-0.3, -0.25) is 0 Å². The predicted octanol–water partition coefficient (Wildman–Crippen LogP) is 3.19. The van der Waals surface area contributed by atoms with Crippen LogP contribution in [0.4, 0.5) is 0 Å². The van der Waals surface area contributed by atoms with E-state index in [-0.39, 0.29) is 0 Å². The average molecular weight is 231 g/mol. The zero-order valence-corrected chi connectivity index (χ0v) is 10.3. The molecule has 1 rings (SSSR count). The molecule has 0 radical (unpaired) electrons. The van der Waals surface area contributed by atoms with Crippen LogP contribution in [0.1, 0.15) is 25.4 Å². The summed E-state index contributed by atoms with van der Waals surface area (Å²) < 4.78 is 0. The molecule has 0 aliphatic heterocycles. The molecule has 14 heavy (non-hydrogen) atoms. The number of rotatable bonds is 4. The lowest BCUT2D eigenvalue weighted by atomic mass is 10.1. The Bertz CT molecular complexity index is 302. The van der Waals surface area contributed by atoms with Crippen LogP contribution in [0.2, 0.25) is 5.15 Å². The summed E-state index contributed by atoms with van der Waals surface area (Å²) in [6, 6.07) is 1.85. The molecular formula is C10H15ClN2S. The van der Waals surface area contributed by atoms with E-state index < -0.39 is 0 Å². The molecule has 0 amide bonds. The zero-order valence-electron chi connectivity index (χ0n) is 8.75. The lowest BCUT2D eigenvalue weighted by Gasteiger charge is -2.06. The van der Waals surface area contributed by atoms with Crippen LogP contribution in [0.5, 0.6) is 0 Å². The number of halogens is 1. The average Bonchev–Trinajstić information content (AvgIpc) is 2.01. The fourth-order valence-corrected chi connectivity index (χ4v) is 1.84. The van der Waals surface area contributed by atoms with Gasteiger partial charge < -0.3 is 0 Å². The van der Waals surface area contributed by atoms with E-state index >= 15 is 0 Å². The summed E-state index contributed by atoms with van der Waals surface area (Å²) in [7, 11) is 0. The van der Waals surface area contributed by atoms with Gasteiger partial charge in [0.25, 0.3) is 0 Å². The molecule has 0 unspecified atom stereocenters. The summed E-state index contributed by atoms with van der Waals surface area (Å²) >= 11 is 7.62. The lowest BCUT2D eigenvalue weighted by Crippen LogP contribution is -2.02. The number of thioether (sulfide) groups is 1. The highest BCUT2D eigenvalue weighted by atomic mass is 35.5. The number of hydrogen-bond donors (Lipinski definition) is 0. The summed E-state index contributed by atoms with van der Waals surface area (Å²) in [4.78, 5) is 8.61. The molecule has 0 aromatic carbocycles. The van der Waals surface area contributed by atoms with Crippen LogP contribution >= 0.6 is 23.4 Å². The van der Waals surface area contributed by atoms with Crippen molar-refractivity contribution in [1.29, 1.82) is 0 Å². The van der Waals surface area contributed by atoms with Crippen molar-refractivity contribution < 1.29 is 0 Å². The maximum atomic E-state index is 5.91. The second-order valence-corrected chi connectivity index (χ2v) is 4.88. The third kappa shape index (κ3) is 3.84. The Morgan fingerprint density at radius 2 is 2.14 bits per heavy atom. The topological polar surface area (TPSA) is 25.8 Å². The third-order valence-corrected chi connectivity index (χ3v) is 2.43. The van der Waals surface area contributed by atoms with Gasteiger partial charge >= 0.3 is 0 Å².